The van der Waals surface area contributed by atoms with Gasteiger partial charge in [0.25, 0.3) is 11.8 Å². The van der Waals surface area contributed by atoms with Gasteiger partial charge in [0, 0.05) is 18.0 Å². The summed E-state index contributed by atoms with van der Waals surface area (Å²) in [5, 5.41) is 2.62. The second-order valence-corrected chi connectivity index (χ2v) is 7.35. The Hall–Kier alpha value is -4.48. The van der Waals surface area contributed by atoms with E-state index in [9.17, 15) is 22.8 Å². The fourth-order valence-corrected chi connectivity index (χ4v) is 3.18. The smallest absolute Gasteiger partial charge is 0.495 e. The van der Waals surface area contributed by atoms with Crippen LogP contribution in [0.5, 0.6) is 28.7 Å². The number of alkyl halides is 3. The van der Waals surface area contributed by atoms with Gasteiger partial charge in [0.1, 0.15) is 28.5 Å². The number of aromatic nitrogens is 1. The highest BCUT2D eigenvalue weighted by molar-refractivity contribution is 6.09. The van der Waals surface area contributed by atoms with Gasteiger partial charge in [-0.25, -0.2) is 0 Å². The lowest BCUT2D eigenvalue weighted by Gasteiger charge is -2.18. The van der Waals surface area contributed by atoms with Crippen molar-refractivity contribution in [2.24, 2.45) is 5.73 Å². The first-order valence-electron chi connectivity index (χ1n) is 11.6. The van der Waals surface area contributed by atoms with E-state index < -0.39 is 36.7 Å². The molecule has 0 bridgehead atoms. The topological polar surface area (TPSA) is 122 Å². The van der Waals surface area contributed by atoms with E-state index in [1.807, 2.05) is 0 Å². The van der Waals surface area contributed by atoms with E-state index in [1.165, 1.54) is 25.4 Å². The van der Waals surface area contributed by atoms with Crippen molar-refractivity contribution in [3.63, 3.8) is 0 Å². The summed E-state index contributed by atoms with van der Waals surface area (Å²) < 4.78 is 80.0. The molecule has 9 nitrogen and oxygen atoms in total. The number of hydrogen-bond donors (Lipinski definition) is 2. The molecule has 0 fully saturated rings. The van der Waals surface area contributed by atoms with Gasteiger partial charge in [-0.15, -0.1) is 13.2 Å². The zero-order valence-electron chi connectivity index (χ0n) is 22.1. The number of carbonyl (C=O) groups is 2. The van der Waals surface area contributed by atoms with E-state index in [4.69, 9.17) is 24.1 Å². The maximum absolute atomic E-state index is 13.4. The second-order valence-electron chi connectivity index (χ2n) is 7.35. The number of halogens is 3. The van der Waals surface area contributed by atoms with Gasteiger partial charge >= 0.3 is 6.36 Å². The largest absolute Gasteiger partial charge is 0.573 e. The van der Waals surface area contributed by atoms with E-state index in [-0.39, 0.29) is 34.2 Å². The summed E-state index contributed by atoms with van der Waals surface area (Å²) in [6.45, 7) is 3.27. The quantitative estimate of drug-likeness (QED) is 0.450. The molecule has 3 rings (SSSR count). The van der Waals surface area contributed by atoms with Gasteiger partial charge in [0.05, 0.1) is 18.3 Å². The van der Waals surface area contributed by atoms with Crippen molar-refractivity contribution in [3.05, 3.63) is 65.0 Å². The molecule has 3 N–H and O–H groups in total. The lowest BCUT2D eigenvalue weighted by atomic mass is 10.1. The van der Waals surface area contributed by atoms with Crippen molar-refractivity contribution in [1.82, 2.24) is 4.98 Å². The van der Waals surface area contributed by atoms with Gasteiger partial charge in [0.15, 0.2) is 11.5 Å². The van der Waals surface area contributed by atoms with Crippen LogP contribution in [-0.2, 0) is 0 Å². The third-order valence-corrected chi connectivity index (χ3v) is 4.83. The maximum atomic E-state index is 13.4. The summed E-state index contributed by atoms with van der Waals surface area (Å²) in [6.07, 6.45) is -3.71. The Labute approximate surface area is 208 Å². The number of benzene rings is 2. The molecule has 0 spiro atoms. The molecule has 0 aliphatic heterocycles. The van der Waals surface area contributed by atoms with Gasteiger partial charge in [-0.2, -0.15) is 0 Å². The number of methoxy groups -OCH3 is 2. The number of nitrogens with zero attached hydrogens (tertiary/aromatic N) is 1. The summed E-state index contributed by atoms with van der Waals surface area (Å²) in [5.74, 6) is -3.35. The minimum absolute atomic E-state index is 0.0853. The summed E-state index contributed by atoms with van der Waals surface area (Å²) in [5.41, 5.74) is 6.25. The van der Waals surface area contributed by atoms with Gasteiger partial charge < -0.3 is 30.0 Å². The molecular weight excluding hydrogens is 483 g/mol. The third-order valence-electron chi connectivity index (χ3n) is 4.83. The van der Waals surface area contributed by atoms with E-state index >= 15 is 0 Å². The molecule has 36 heavy (non-hydrogen) atoms. The Balaban J connectivity index is 2.08. The minimum Gasteiger partial charge on any atom is -0.495 e. The molecule has 2 amide bonds. The van der Waals surface area contributed by atoms with Crippen LogP contribution in [0.1, 0.15) is 36.1 Å². The Bertz CT molecular complexity index is 1410. The molecule has 2 aromatic carbocycles. The van der Waals surface area contributed by atoms with Crippen molar-refractivity contribution < 1.29 is 45.8 Å². The molecular formula is C24H22F3N3O6. The zero-order valence-corrected chi connectivity index (χ0v) is 19.1. The van der Waals surface area contributed by atoms with Crippen LogP contribution in [0.4, 0.5) is 18.9 Å². The molecule has 0 aliphatic rings. The van der Waals surface area contributed by atoms with Crippen LogP contribution in [-0.4, -0.2) is 37.3 Å². The normalized spacial score (nSPS) is 12.6. The van der Waals surface area contributed by atoms with Gasteiger partial charge in [-0.1, -0.05) is 6.07 Å². The maximum Gasteiger partial charge on any atom is 0.573 e. The number of pyridine rings is 1. The monoisotopic (exact) mass is 508 g/mol. The molecule has 1 heterocycles. The average molecular weight is 508 g/mol. The average Bonchev–Trinajstić information content (AvgIpc) is 2.80. The fraction of sp³-hybridized carbons (Fsp3) is 0.208. The summed E-state index contributed by atoms with van der Waals surface area (Å²) in [4.78, 5) is 28.9. The number of ether oxygens (including phenoxy) is 4. The summed E-state index contributed by atoms with van der Waals surface area (Å²) in [6, 6.07) is 6.75. The Morgan fingerprint density at radius 2 is 1.75 bits per heavy atom. The highest BCUT2D eigenvalue weighted by Crippen LogP contribution is 2.40. The van der Waals surface area contributed by atoms with Crippen LogP contribution in [0.15, 0.2) is 42.6 Å². The first-order chi connectivity index (χ1) is 18.1. The molecule has 12 heteroatoms. The van der Waals surface area contributed by atoms with Gasteiger partial charge in [0.2, 0.25) is 0 Å². The highest BCUT2D eigenvalue weighted by Gasteiger charge is 2.31. The van der Waals surface area contributed by atoms with Crippen molar-refractivity contribution >= 4 is 17.5 Å². The van der Waals surface area contributed by atoms with Gasteiger partial charge in [-0.3, -0.25) is 14.6 Å². The first-order valence-corrected chi connectivity index (χ1v) is 10.1. The summed E-state index contributed by atoms with van der Waals surface area (Å²) >= 11 is 0. The van der Waals surface area contributed by atoms with Gasteiger partial charge in [-0.05, 0) is 49.2 Å². The number of rotatable bonds is 8. The van der Waals surface area contributed by atoms with Crippen LogP contribution in [0.3, 0.4) is 0 Å². The van der Waals surface area contributed by atoms with E-state index in [0.717, 1.165) is 12.1 Å². The summed E-state index contributed by atoms with van der Waals surface area (Å²) in [7, 11) is -1.75. The number of nitrogens with two attached hydrogens (primary N) is 1. The van der Waals surface area contributed by atoms with Crippen LogP contribution in [0, 0.1) is 13.8 Å². The van der Waals surface area contributed by atoms with E-state index in [0.29, 0.717) is 17.2 Å². The Morgan fingerprint density at radius 1 is 1.03 bits per heavy atom. The Morgan fingerprint density at radius 3 is 2.39 bits per heavy atom. The highest BCUT2D eigenvalue weighted by atomic mass is 19.4. The molecule has 0 unspecified atom stereocenters. The second kappa shape index (κ2) is 10.4. The van der Waals surface area contributed by atoms with Crippen molar-refractivity contribution in [2.75, 3.05) is 19.5 Å². The minimum atomic E-state index is -5.05. The van der Waals surface area contributed by atoms with E-state index in [2.05, 4.69) is 15.0 Å². The Kier molecular flexibility index (Phi) is 6.37. The number of anilines is 1. The standard InChI is InChI=1S/C24H22F3N3O6/c1-12-5-7-18(35-17-8-6-14(9-19(17)33-3)36-24(25,26)27)20(21(12)34-4)23(32)30-15-10-16(22(28)31)29-11-13(15)2/h5-11H,1-4H3,(H2,28,31)(H,29,30,32)/i3D3. The molecule has 1 aromatic heterocycles. The number of carbonyl (C=O) groups excluding carboxylic acids is 2. The predicted octanol–water partition coefficient (Wildman–Crippen LogP) is 4.76. The molecule has 190 valence electrons. The fourth-order valence-electron chi connectivity index (χ4n) is 3.18. The number of primary amides is 1. The van der Waals surface area contributed by atoms with E-state index in [1.54, 1.807) is 19.9 Å². The van der Waals surface area contributed by atoms with Crippen molar-refractivity contribution in [3.8, 4) is 28.7 Å². The molecule has 0 saturated heterocycles. The van der Waals surface area contributed by atoms with Crippen LogP contribution < -0.4 is 30.0 Å². The first kappa shape index (κ1) is 22.0. The lowest BCUT2D eigenvalue weighted by molar-refractivity contribution is -0.274. The molecule has 0 aliphatic carbocycles. The van der Waals surface area contributed by atoms with Crippen LogP contribution >= 0.6 is 0 Å². The molecule has 0 radical (unpaired) electrons. The number of nitrogens with one attached hydrogen (secondary N) is 1. The number of aryl methyl sites for hydroxylation is 2. The number of amides is 2. The molecule has 0 atom stereocenters. The molecule has 3 aromatic rings. The van der Waals surface area contributed by atoms with Crippen LogP contribution in [0.2, 0.25) is 0 Å². The van der Waals surface area contributed by atoms with Crippen molar-refractivity contribution in [2.45, 2.75) is 20.2 Å². The van der Waals surface area contributed by atoms with Crippen molar-refractivity contribution in [1.29, 1.82) is 0 Å². The zero-order chi connectivity index (χ0) is 29.1. The number of hydrogen-bond acceptors (Lipinski definition) is 7. The third kappa shape index (κ3) is 5.95. The predicted molar refractivity (Wildman–Crippen MR) is 123 cm³/mol. The lowest BCUT2D eigenvalue weighted by Crippen LogP contribution is -2.18. The molecule has 0 saturated carbocycles. The SMILES string of the molecule is [2H]C([2H])([2H])Oc1cc(OC(F)(F)F)ccc1Oc1ccc(C)c(OC)c1C(=O)Nc1cc(C(N)=O)ncc1C. The van der Waals surface area contributed by atoms with Crippen LogP contribution in [0.25, 0.3) is 0 Å².